The van der Waals surface area contributed by atoms with E-state index in [1.165, 1.54) is 0 Å². The first-order valence-electron chi connectivity index (χ1n) is 9.82. The van der Waals surface area contributed by atoms with E-state index in [9.17, 15) is 4.79 Å². The number of nitrogens with one attached hydrogen (secondary N) is 3. The largest absolute Gasteiger partial charge is 0.487 e. The van der Waals surface area contributed by atoms with Crippen LogP contribution in [0.4, 0.5) is 10.5 Å². The van der Waals surface area contributed by atoms with Crippen molar-refractivity contribution in [2.45, 2.75) is 20.1 Å². The molecule has 2 amide bonds. The van der Waals surface area contributed by atoms with Gasteiger partial charge in [-0.15, -0.1) is 0 Å². The normalized spacial score (nSPS) is 10.5. The van der Waals surface area contributed by atoms with Gasteiger partial charge in [-0.25, -0.2) is 9.78 Å². The molecule has 0 spiro atoms. The van der Waals surface area contributed by atoms with Crippen LogP contribution in [-0.2, 0) is 13.2 Å². The van der Waals surface area contributed by atoms with E-state index in [0.717, 1.165) is 28.4 Å². The van der Waals surface area contributed by atoms with Crippen LogP contribution < -0.4 is 15.4 Å². The van der Waals surface area contributed by atoms with Crippen molar-refractivity contribution >= 4 is 11.7 Å². The lowest BCUT2D eigenvalue weighted by molar-refractivity contribution is 0.251. The maximum absolute atomic E-state index is 12.3. The number of rotatable bonds is 7. The second kappa shape index (κ2) is 9.53. The number of hydrogen-bond donors (Lipinski definition) is 3. The van der Waals surface area contributed by atoms with Gasteiger partial charge in [0, 0.05) is 24.0 Å². The van der Waals surface area contributed by atoms with Crippen LogP contribution in [0, 0.1) is 6.92 Å². The van der Waals surface area contributed by atoms with Crippen LogP contribution in [0.5, 0.6) is 5.75 Å². The number of pyridine rings is 1. The van der Waals surface area contributed by atoms with Gasteiger partial charge < -0.3 is 15.4 Å². The maximum atomic E-state index is 12.3. The van der Waals surface area contributed by atoms with E-state index in [2.05, 4.69) is 30.8 Å². The Morgan fingerprint density at radius 2 is 1.97 bits per heavy atom. The molecule has 2 heterocycles. The molecule has 0 fully saturated rings. The fourth-order valence-electron chi connectivity index (χ4n) is 2.95. The zero-order valence-corrected chi connectivity index (χ0v) is 17.0. The molecule has 2 aromatic heterocycles. The first-order valence-corrected chi connectivity index (χ1v) is 9.82. The Labute approximate surface area is 179 Å². The molecule has 0 saturated carbocycles. The molecular formula is C23H22N6O2. The fraction of sp³-hybridized carbons (Fsp3) is 0.130. The summed E-state index contributed by atoms with van der Waals surface area (Å²) in [6, 6.07) is 20.4. The van der Waals surface area contributed by atoms with Crippen LogP contribution >= 0.6 is 0 Å². The monoisotopic (exact) mass is 414 g/mol. The van der Waals surface area contributed by atoms with Crippen molar-refractivity contribution in [3.8, 4) is 17.1 Å². The van der Waals surface area contributed by atoms with Gasteiger partial charge in [0.25, 0.3) is 0 Å². The maximum Gasteiger partial charge on any atom is 0.319 e. The van der Waals surface area contributed by atoms with Crippen LogP contribution in [-0.4, -0.2) is 26.2 Å². The van der Waals surface area contributed by atoms with E-state index in [0.29, 0.717) is 24.7 Å². The molecule has 2 aromatic carbocycles. The molecule has 0 aliphatic heterocycles. The van der Waals surface area contributed by atoms with Crippen molar-refractivity contribution in [1.82, 2.24) is 25.5 Å². The number of nitrogens with zero attached hydrogens (tertiary/aromatic N) is 3. The third-order valence-corrected chi connectivity index (χ3v) is 4.44. The predicted molar refractivity (Wildman–Crippen MR) is 117 cm³/mol. The highest BCUT2D eigenvalue weighted by molar-refractivity contribution is 5.89. The topological polar surface area (TPSA) is 105 Å². The van der Waals surface area contributed by atoms with Gasteiger partial charge in [-0.1, -0.05) is 30.3 Å². The zero-order chi connectivity index (χ0) is 21.5. The highest BCUT2D eigenvalue weighted by Crippen LogP contribution is 2.19. The van der Waals surface area contributed by atoms with Crippen LogP contribution in [0.1, 0.15) is 17.1 Å². The summed E-state index contributed by atoms with van der Waals surface area (Å²) in [4.78, 5) is 20.9. The van der Waals surface area contributed by atoms with Gasteiger partial charge in [-0.3, -0.25) is 10.1 Å². The summed E-state index contributed by atoms with van der Waals surface area (Å²) in [6.07, 6.45) is 1.74. The summed E-state index contributed by atoms with van der Waals surface area (Å²) in [5, 5.41) is 12.7. The number of hydrogen-bond acceptors (Lipinski definition) is 5. The summed E-state index contributed by atoms with van der Waals surface area (Å²) in [5.41, 5.74) is 3.26. The van der Waals surface area contributed by atoms with Crippen molar-refractivity contribution in [2.75, 3.05) is 5.32 Å². The minimum absolute atomic E-state index is 0.303. The van der Waals surface area contributed by atoms with Crippen LogP contribution in [0.3, 0.4) is 0 Å². The lowest BCUT2D eigenvalue weighted by Gasteiger charge is -2.10. The number of aromatic nitrogens is 4. The number of ether oxygens (including phenoxy) is 1. The Morgan fingerprint density at radius 3 is 2.77 bits per heavy atom. The van der Waals surface area contributed by atoms with Crippen LogP contribution in [0.2, 0.25) is 0 Å². The lowest BCUT2D eigenvalue weighted by Crippen LogP contribution is -2.28. The number of carbonyl (C=O) groups excluding carboxylic acids is 1. The predicted octanol–water partition coefficient (Wildman–Crippen LogP) is 4.08. The van der Waals surface area contributed by atoms with Gasteiger partial charge in [0.1, 0.15) is 18.2 Å². The second-order valence-corrected chi connectivity index (χ2v) is 6.89. The van der Waals surface area contributed by atoms with Gasteiger partial charge in [0.15, 0.2) is 5.82 Å². The van der Waals surface area contributed by atoms with Gasteiger partial charge >= 0.3 is 6.03 Å². The number of aromatic amines is 1. The van der Waals surface area contributed by atoms with Crippen LogP contribution in [0.15, 0.2) is 72.9 Å². The van der Waals surface area contributed by atoms with E-state index >= 15 is 0 Å². The van der Waals surface area contributed by atoms with Gasteiger partial charge in [0.2, 0.25) is 0 Å². The molecular weight excluding hydrogens is 392 g/mol. The first kappa shape index (κ1) is 20.1. The standard InChI is InChI=1S/C23H22N6O2/c1-16-26-22(29-28-16)18-7-5-9-19(13-18)27-23(30)25-14-17-6-4-10-21(12-17)31-15-20-8-2-3-11-24-20/h2-13H,14-15H2,1H3,(H2,25,27,30)(H,26,28,29). The van der Waals surface area contributed by atoms with E-state index < -0.39 is 0 Å². The fourth-order valence-corrected chi connectivity index (χ4v) is 2.95. The highest BCUT2D eigenvalue weighted by atomic mass is 16.5. The number of benzene rings is 2. The lowest BCUT2D eigenvalue weighted by atomic mass is 10.2. The third-order valence-electron chi connectivity index (χ3n) is 4.44. The molecule has 3 N–H and O–H groups in total. The molecule has 0 radical (unpaired) electrons. The second-order valence-electron chi connectivity index (χ2n) is 6.89. The minimum atomic E-state index is -0.303. The quantitative estimate of drug-likeness (QED) is 0.423. The van der Waals surface area contributed by atoms with Gasteiger partial charge in [-0.2, -0.15) is 5.10 Å². The number of carbonyl (C=O) groups is 1. The summed E-state index contributed by atoms with van der Waals surface area (Å²) < 4.78 is 5.79. The summed E-state index contributed by atoms with van der Waals surface area (Å²) >= 11 is 0. The van der Waals surface area contributed by atoms with E-state index in [1.807, 2.05) is 73.7 Å². The molecule has 0 unspecified atom stereocenters. The Kier molecular flexibility index (Phi) is 6.18. The number of urea groups is 1. The molecule has 4 aromatic rings. The van der Waals surface area contributed by atoms with Gasteiger partial charge in [0.05, 0.1) is 5.69 Å². The molecule has 8 nitrogen and oxygen atoms in total. The molecule has 0 aliphatic carbocycles. The smallest absolute Gasteiger partial charge is 0.319 e. The molecule has 31 heavy (non-hydrogen) atoms. The molecule has 0 aliphatic rings. The third kappa shape index (κ3) is 5.66. The van der Waals surface area contributed by atoms with E-state index in [-0.39, 0.29) is 6.03 Å². The van der Waals surface area contributed by atoms with E-state index in [1.54, 1.807) is 6.20 Å². The number of aryl methyl sites for hydroxylation is 1. The molecule has 0 saturated heterocycles. The first-order chi connectivity index (χ1) is 15.2. The summed E-state index contributed by atoms with van der Waals surface area (Å²) in [6.45, 7) is 2.59. The zero-order valence-electron chi connectivity index (χ0n) is 17.0. The SMILES string of the molecule is Cc1nc(-c2cccc(NC(=O)NCc3cccc(OCc4ccccn4)c3)c2)n[nH]1. The summed E-state index contributed by atoms with van der Waals surface area (Å²) in [7, 11) is 0. The van der Waals surface area contributed by atoms with Crippen LogP contribution in [0.25, 0.3) is 11.4 Å². The number of anilines is 1. The van der Waals surface area contributed by atoms with E-state index in [4.69, 9.17) is 4.74 Å². The van der Waals surface area contributed by atoms with Crippen molar-refractivity contribution in [3.05, 3.63) is 90.0 Å². The Morgan fingerprint density at radius 1 is 1.06 bits per heavy atom. The average Bonchev–Trinajstić information content (AvgIpc) is 3.24. The molecule has 0 bridgehead atoms. The van der Waals surface area contributed by atoms with Gasteiger partial charge in [-0.05, 0) is 48.9 Å². The molecule has 0 atom stereocenters. The molecule has 8 heteroatoms. The Bertz CT molecular complexity index is 1160. The van der Waals surface area contributed by atoms with Crippen molar-refractivity contribution in [3.63, 3.8) is 0 Å². The number of H-pyrrole nitrogens is 1. The highest BCUT2D eigenvalue weighted by Gasteiger charge is 2.07. The minimum Gasteiger partial charge on any atom is -0.487 e. The average molecular weight is 414 g/mol. The molecule has 156 valence electrons. The Hall–Kier alpha value is -4.20. The van der Waals surface area contributed by atoms with Crippen molar-refractivity contribution in [2.24, 2.45) is 0 Å². The van der Waals surface area contributed by atoms with Crippen molar-refractivity contribution < 1.29 is 9.53 Å². The van der Waals surface area contributed by atoms with Crippen molar-refractivity contribution in [1.29, 1.82) is 0 Å². The Balaban J connectivity index is 1.31. The molecule has 4 rings (SSSR count). The number of amides is 2. The summed E-state index contributed by atoms with van der Waals surface area (Å²) in [5.74, 6) is 2.04.